The Balaban J connectivity index is 0.000000172. The van der Waals surface area contributed by atoms with Gasteiger partial charge in [0.1, 0.15) is 57.8 Å². The van der Waals surface area contributed by atoms with Gasteiger partial charge in [-0.05, 0) is 137 Å². The highest BCUT2D eigenvalue weighted by Crippen LogP contribution is 2.41. The molecule has 1 saturated heterocycles. The zero-order valence-corrected chi connectivity index (χ0v) is 91.5. The Hall–Kier alpha value is -6.22. The number of hydrogen-bond acceptors (Lipinski definition) is 19. The summed E-state index contributed by atoms with van der Waals surface area (Å²) >= 11 is 2.35. The number of ether oxygens (including phenoxy) is 6. The fraction of sp³-hybridized carbons (Fsp3) is 0.600. The minimum Gasteiger partial charge on any atom is -0.399 e. The van der Waals surface area contributed by atoms with Gasteiger partial charge in [0, 0.05) is 187 Å². The van der Waals surface area contributed by atoms with Gasteiger partial charge in [0.2, 0.25) is 0 Å². The molecule has 3 saturated carbocycles. The van der Waals surface area contributed by atoms with E-state index in [9.17, 15) is 0 Å². The Morgan fingerprint density at radius 1 is 0.369 bits per heavy atom. The van der Waals surface area contributed by atoms with Crippen LogP contribution < -0.4 is 20.2 Å². The second-order valence-electron chi connectivity index (χ2n) is 44.7. The van der Waals surface area contributed by atoms with Crippen LogP contribution in [0.2, 0.25) is 154 Å². The van der Waals surface area contributed by atoms with Crippen LogP contribution in [-0.4, -0.2) is 201 Å². The first kappa shape index (κ1) is 104. The summed E-state index contributed by atoms with van der Waals surface area (Å²) in [6.07, 6.45) is 28.5. The molecule has 0 radical (unpaired) electrons. The van der Waals surface area contributed by atoms with Crippen molar-refractivity contribution in [1.29, 1.82) is 0 Å². The molecule has 22 nitrogen and oxygen atoms in total. The number of benzene rings is 2. The Kier molecular flexibility index (Phi) is 38.5. The Labute approximate surface area is 799 Å². The number of aromatic nitrogens is 11. The number of hydrogen-bond donors (Lipinski definition) is 0. The van der Waals surface area contributed by atoms with E-state index in [0.717, 1.165) is 159 Å². The SMILES string of the molecule is CC1(C)OB(c2ccc(-c3ccccc3)nc2)OC1(C)C.C[Si](C)(C)CCOCN(COCC[Si](C)(C)C)c1cc(C2CCCCC2)nc2c(-c3ccc(-c4ccccc4)nc3)cnn12.C[Si](C)(C)CCOCN(COCC[Si](C)(C)C)c1cc(C2CCCCC2)nc2c(I)cnn12.C[Si](C)(C)CCOCN(COCC[Si](C)(C)C)c1cc(C2CCCCC2)nc2ccnn12. The molecule has 4 aliphatic rings. The van der Waals surface area contributed by atoms with E-state index >= 15 is 0 Å². The van der Waals surface area contributed by atoms with Crippen LogP contribution in [0.25, 0.3) is 50.6 Å². The van der Waals surface area contributed by atoms with E-state index in [-0.39, 0.29) is 18.3 Å². The summed E-state index contributed by atoms with van der Waals surface area (Å²) in [6.45, 7) is 58.9. The van der Waals surface area contributed by atoms with E-state index in [0.29, 0.717) is 58.1 Å². The summed E-state index contributed by atoms with van der Waals surface area (Å²) in [6, 6.07) is 44.4. The van der Waals surface area contributed by atoms with Crippen LogP contribution in [0, 0.1) is 3.57 Å². The largest absolute Gasteiger partial charge is 0.496 e. The highest BCUT2D eigenvalue weighted by Gasteiger charge is 2.52. The van der Waals surface area contributed by atoms with Crippen LogP contribution in [0.3, 0.4) is 0 Å². The third-order valence-corrected chi connectivity index (χ3v) is 36.3. The van der Waals surface area contributed by atoms with Crippen LogP contribution in [0.1, 0.15) is 159 Å². The highest BCUT2D eigenvalue weighted by atomic mass is 127. The van der Waals surface area contributed by atoms with E-state index in [4.69, 9.17) is 62.8 Å². The second kappa shape index (κ2) is 48.0. The molecule has 710 valence electrons. The monoisotopic (exact) mass is 1990 g/mol. The fourth-order valence-corrected chi connectivity index (χ4v) is 21.0. The predicted octanol–water partition coefficient (Wildman–Crippen LogP) is 25.0. The molecule has 0 atom stereocenters. The highest BCUT2D eigenvalue weighted by molar-refractivity contribution is 14.1. The molecule has 1 aliphatic heterocycles. The molecule has 10 aromatic rings. The van der Waals surface area contributed by atoms with Crippen LogP contribution >= 0.6 is 22.6 Å². The van der Waals surface area contributed by atoms with Crippen molar-refractivity contribution < 1.29 is 37.7 Å². The van der Waals surface area contributed by atoms with Crippen molar-refractivity contribution in [3.8, 4) is 33.6 Å². The average Bonchev–Trinajstić information content (AvgIpc) is 1.60. The molecule has 130 heavy (non-hydrogen) atoms. The first-order valence-corrected chi connectivity index (χ1v) is 71.8. The number of fused-ring (bicyclic) bond motifs is 3. The first-order valence-electron chi connectivity index (χ1n) is 48.5. The average molecular weight is 1990 g/mol. The van der Waals surface area contributed by atoms with Crippen molar-refractivity contribution in [2.24, 2.45) is 0 Å². The molecule has 0 spiro atoms. The van der Waals surface area contributed by atoms with Crippen LogP contribution in [-0.2, 0) is 37.7 Å². The molecular weight excluding hydrogens is 1830 g/mol. The number of halogens is 1. The summed E-state index contributed by atoms with van der Waals surface area (Å²) in [4.78, 5) is 31.3. The Morgan fingerprint density at radius 2 is 0.708 bits per heavy atom. The van der Waals surface area contributed by atoms with Gasteiger partial charge in [-0.15, -0.1) is 0 Å². The van der Waals surface area contributed by atoms with Gasteiger partial charge in [-0.3, -0.25) is 9.97 Å². The van der Waals surface area contributed by atoms with Gasteiger partial charge in [-0.2, -0.15) is 28.8 Å². The van der Waals surface area contributed by atoms with Crippen molar-refractivity contribution in [2.45, 2.75) is 307 Å². The lowest BCUT2D eigenvalue weighted by atomic mass is 9.80. The first-order chi connectivity index (χ1) is 61.6. The molecule has 0 N–H and O–H groups in total. The van der Waals surface area contributed by atoms with Crippen molar-refractivity contribution in [2.75, 3.05) is 94.7 Å². The number of pyridine rings is 2. The van der Waals surface area contributed by atoms with Crippen molar-refractivity contribution in [3.63, 3.8) is 0 Å². The lowest BCUT2D eigenvalue weighted by molar-refractivity contribution is 0.00578. The topological polar surface area (TPSA) is 200 Å². The number of nitrogens with zero attached hydrogens (tertiary/aromatic N) is 14. The van der Waals surface area contributed by atoms with Crippen LogP contribution in [0.15, 0.2) is 140 Å². The lowest BCUT2D eigenvalue weighted by Crippen LogP contribution is -2.41. The minimum atomic E-state index is -1.20. The van der Waals surface area contributed by atoms with Crippen LogP contribution in [0.4, 0.5) is 17.5 Å². The number of rotatable bonds is 40. The van der Waals surface area contributed by atoms with Gasteiger partial charge in [0.05, 0.1) is 44.8 Å². The third kappa shape index (κ3) is 32.8. The van der Waals surface area contributed by atoms with E-state index < -0.39 is 48.4 Å². The fourth-order valence-electron chi connectivity index (χ4n) is 16.0. The molecule has 30 heteroatoms. The predicted molar refractivity (Wildman–Crippen MR) is 564 cm³/mol. The third-order valence-electron chi connectivity index (χ3n) is 25.3. The van der Waals surface area contributed by atoms with Crippen molar-refractivity contribution in [3.05, 3.63) is 161 Å². The zero-order chi connectivity index (χ0) is 93.5. The van der Waals surface area contributed by atoms with E-state index in [1.807, 2.05) is 99.1 Å². The van der Waals surface area contributed by atoms with Gasteiger partial charge >= 0.3 is 7.12 Å². The summed E-state index contributed by atoms with van der Waals surface area (Å²) in [5.74, 6) is 4.58. The van der Waals surface area contributed by atoms with Crippen LogP contribution in [0.5, 0.6) is 0 Å². The maximum Gasteiger partial charge on any atom is 0.496 e. The van der Waals surface area contributed by atoms with E-state index in [2.05, 4.69) is 253 Å². The lowest BCUT2D eigenvalue weighted by Gasteiger charge is -2.32. The van der Waals surface area contributed by atoms with Gasteiger partial charge in [-0.25, -0.2) is 15.0 Å². The van der Waals surface area contributed by atoms with Crippen molar-refractivity contribution >= 4 is 118 Å². The molecule has 0 unspecified atom stereocenters. The van der Waals surface area contributed by atoms with Gasteiger partial charge in [0.25, 0.3) is 0 Å². The normalized spacial score (nSPS) is 16.2. The van der Waals surface area contributed by atoms with Gasteiger partial charge in [-0.1, -0.05) is 248 Å². The molecule has 4 fully saturated rings. The molecular formula is C100H158BIN14O8Si6. The molecule has 8 aromatic heterocycles. The molecule has 0 bridgehead atoms. The smallest absolute Gasteiger partial charge is 0.399 e. The molecule has 2 aromatic carbocycles. The Morgan fingerprint density at radius 3 is 1.06 bits per heavy atom. The standard InChI is InChI=1S/C35H51N5O2Si2.C24H43IN4O2Si2.C24H44N4O2Si2.C17H20BNO2/c1-43(2,3)21-19-41-26-39(27-42-20-22-44(4,5)6)34-23-33(29-15-11-8-12-16-29)38-35-31(25-37-40(34)35)30-17-18-32(36-24-30)28-13-9-7-10-14-28;1-32(2,3)14-12-30-18-28(19-31-13-15-33(4,5)6)23-16-22(20-10-8-7-9-11-20)27-24-21(25)17-26-29(23)24;1-31(2,3)16-14-29-19-27(20-30-15-17-32(4,5)6)24-18-22(21-10-8-7-9-11-21)26-23-12-13-25-28(23)24;1-16(2)17(3,4)21-18(20-16)14-10-11-15(19-12-14)13-8-6-5-7-9-13/h7,9-10,13-14,17-18,23-25,29H,8,11-12,15-16,19-22,26-27H2,1-6H3;16-17,20H,7-15,18-19H2,1-6H3;12-13,18,21H,7-11,14-17,19-20H2,1-6H3;5-12H,1-4H3. The summed E-state index contributed by atoms with van der Waals surface area (Å²) in [7, 11) is -7.26. The summed E-state index contributed by atoms with van der Waals surface area (Å²) < 4.78 is 56.4. The maximum atomic E-state index is 6.32. The minimum absolute atomic E-state index is 0.324. The van der Waals surface area contributed by atoms with Gasteiger partial charge < -0.3 is 52.4 Å². The quantitative estimate of drug-likeness (QED) is 0.0152. The summed E-state index contributed by atoms with van der Waals surface area (Å²) in [5.41, 5.74) is 12.7. The zero-order valence-electron chi connectivity index (χ0n) is 83.3. The number of anilines is 3. The maximum absolute atomic E-state index is 6.32. The Bertz CT molecular complexity index is 4970. The van der Waals surface area contributed by atoms with E-state index in [1.54, 1.807) is 0 Å². The molecule has 0 amide bonds. The second-order valence-corrected chi connectivity index (χ2v) is 79.6. The van der Waals surface area contributed by atoms with Gasteiger partial charge in [0.15, 0.2) is 16.9 Å². The molecule has 9 heterocycles. The molecule has 3 aliphatic carbocycles. The molecule has 14 rings (SSSR count). The van der Waals surface area contributed by atoms with E-state index in [1.165, 1.54) is 108 Å². The van der Waals surface area contributed by atoms with Crippen molar-refractivity contribution in [1.82, 2.24) is 53.8 Å². The summed E-state index contributed by atoms with van der Waals surface area (Å²) in [5, 5.41) is 14.1.